The minimum atomic E-state index is -0.868. The lowest BCUT2D eigenvalue weighted by Gasteiger charge is -2.25. The summed E-state index contributed by atoms with van der Waals surface area (Å²) >= 11 is 0. The van der Waals surface area contributed by atoms with Crippen molar-refractivity contribution in [2.45, 2.75) is 72.3 Å². The van der Waals surface area contributed by atoms with E-state index in [1.54, 1.807) is 0 Å². The molecular weight excluding hydrogens is 458 g/mol. The van der Waals surface area contributed by atoms with E-state index in [4.69, 9.17) is 9.47 Å². The van der Waals surface area contributed by atoms with E-state index in [0.717, 1.165) is 16.9 Å². The first-order valence-electron chi connectivity index (χ1n) is 12.3. The van der Waals surface area contributed by atoms with E-state index in [1.165, 1.54) is 0 Å². The van der Waals surface area contributed by atoms with E-state index >= 15 is 0 Å². The Bertz CT molecular complexity index is 984. The molecule has 0 saturated heterocycles. The van der Waals surface area contributed by atoms with Crippen LogP contribution < -0.4 is 20.7 Å². The summed E-state index contributed by atoms with van der Waals surface area (Å²) in [5.41, 5.74) is 1.39. The molecule has 2 atom stereocenters. The highest BCUT2D eigenvalue weighted by atomic mass is 16.5. The second kappa shape index (κ2) is 13.5. The van der Waals surface area contributed by atoms with Crippen LogP contribution in [0.15, 0.2) is 54.6 Å². The standard InChI is InChI=1S/C28H39N3O5/c1-7-29-25(32)23(17-20-13-15-22(16-14-20)36-28(4,5)6)30-26(33)24(19(2)3)31-27(34)35-18-21-11-9-8-10-12-21/h8-16,19,23-24H,7,17-18H2,1-6H3,(H,29,32)(H,30,33)(H,31,34)/t23-,24-/m0/s1. The van der Waals surface area contributed by atoms with Gasteiger partial charge in [0.15, 0.2) is 0 Å². The van der Waals surface area contributed by atoms with Crippen molar-refractivity contribution in [2.24, 2.45) is 5.92 Å². The summed E-state index contributed by atoms with van der Waals surface area (Å²) in [4.78, 5) is 38.3. The summed E-state index contributed by atoms with van der Waals surface area (Å²) in [7, 11) is 0. The molecule has 0 radical (unpaired) electrons. The van der Waals surface area contributed by atoms with Crippen LogP contribution in [0, 0.1) is 5.92 Å². The van der Waals surface area contributed by atoms with Crippen molar-refractivity contribution in [3.05, 3.63) is 65.7 Å². The number of rotatable bonds is 11. The third-order valence-corrected chi connectivity index (χ3v) is 5.21. The van der Waals surface area contributed by atoms with E-state index in [9.17, 15) is 14.4 Å². The molecule has 0 aliphatic rings. The van der Waals surface area contributed by atoms with Crippen LogP contribution in [-0.4, -0.2) is 42.1 Å². The number of carbonyl (C=O) groups excluding carboxylic acids is 3. The fraction of sp³-hybridized carbons (Fsp3) is 0.464. The van der Waals surface area contributed by atoms with Gasteiger partial charge in [0.25, 0.3) is 0 Å². The van der Waals surface area contributed by atoms with Gasteiger partial charge in [0, 0.05) is 13.0 Å². The number of hydrogen-bond donors (Lipinski definition) is 3. The van der Waals surface area contributed by atoms with Crippen molar-refractivity contribution in [1.29, 1.82) is 0 Å². The number of amides is 3. The number of ether oxygens (including phenoxy) is 2. The van der Waals surface area contributed by atoms with E-state index < -0.39 is 24.1 Å². The molecule has 2 aromatic carbocycles. The van der Waals surface area contributed by atoms with Gasteiger partial charge in [-0.1, -0.05) is 56.3 Å². The maximum Gasteiger partial charge on any atom is 0.408 e. The summed E-state index contributed by atoms with van der Waals surface area (Å²) in [6, 6.07) is 15.0. The van der Waals surface area contributed by atoms with Crippen molar-refractivity contribution < 1.29 is 23.9 Å². The molecule has 2 rings (SSSR count). The lowest BCUT2D eigenvalue weighted by atomic mass is 10.0. The van der Waals surface area contributed by atoms with E-state index in [0.29, 0.717) is 6.54 Å². The molecule has 2 aromatic rings. The first-order valence-corrected chi connectivity index (χ1v) is 12.3. The van der Waals surface area contributed by atoms with E-state index in [1.807, 2.05) is 96.1 Å². The van der Waals surface area contributed by atoms with Crippen molar-refractivity contribution in [2.75, 3.05) is 6.54 Å². The van der Waals surface area contributed by atoms with Crippen LogP contribution in [0.5, 0.6) is 5.75 Å². The molecule has 0 heterocycles. The van der Waals surface area contributed by atoms with Crippen LogP contribution in [0.1, 0.15) is 52.7 Å². The highest BCUT2D eigenvalue weighted by Crippen LogP contribution is 2.19. The maximum atomic E-state index is 13.1. The number of likely N-dealkylation sites (N-methyl/N-ethyl adjacent to an activating group) is 1. The molecule has 3 N–H and O–H groups in total. The third kappa shape index (κ3) is 9.98. The molecule has 8 heteroatoms. The zero-order valence-electron chi connectivity index (χ0n) is 22.1. The second-order valence-corrected chi connectivity index (χ2v) is 9.95. The molecule has 0 aliphatic carbocycles. The Kier molecular flexibility index (Phi) is 10.8. The molecule has 8 nitrogen and oxygen atoms in total. The molecule has 0 fully saturated rings. The zero-order chi connectivity index (χ0) is 26.7. The summed E-state index contributed by atoms with van der Waals surface area (Å²) in [5, 5.41) is 8.22. The van der Waals surface area contributed by atoms with E-state index in [2.05, 4.69) is 16.0 Å². The average Bonchev–Trinajstić information content (AvgIpc) is 2.81. The number of carbonyl (C=O) groups is 3. The number of alkyl carbamates (subject to hydrolysis) is 1. The molecular formula is C28H39N3O5. The Morgan fingerprint density at radius 1 is 0.861 bits per heavy atom. The Morgan fingerprint density at radius 3 is 2.06 bits per heavy atom. The van der Waals surface area contributed by atoms with Gasteiger partial charge in [0.05, 0.1) is 0 Å². The first kappa shape index (κ1) is 28.7. The van der Waals surface area contributed by atoms with Gasteiger partial charge in [-0.05, 0) is 56.9 Å². The van der Waals surface area contributed by atoms with Crippen molar-refractivity contribution in [3.8, 4) is 5.75 Å². The molecule has 36 heavy (non-hydrogen) atoms. The topological polar surface area (TPSA) is 106 Å². The third-order valence-electron chi connectivity index (χ3n) is 5.21. The van der Waals surface area contributed by atoms with Gasteiger partial charge in [-0.3, -0.25) is 9.59 Å². The van der Waals surface area contributed by atoms with Gasteiger partial charge in [0.1, 0.15) is 30.0 Å². The molecule has 0 aromatic heterocycles. The number of nitrogens with one attached hydrogen (secondary N) is 3. The normalized spacial score (nSPS) is 12.9. The fourth-order valence-electron chi connectivity index (χ4n) is 3.48. The van der Waals surface area contributed by atoms with Gasteiger partial charge < -0.3 is 25.4 Å². The highest BCUT2D eigenvalue weighted by Gasteiger charge is 2.29. The van der Waals surface area contributed by atoms with Gasteiger partial charge >= 0.3 is 6.09 Å². The lowest BCUT2D eigenvalue weighted by molar-refractivity contribution is -0.130. The van der Waals surface area contributed by atoms with Crippen molar-refractivity contribution in [1.82, 2.24) is 16.0 Å². The van der Waals surface area contributed by atoms with Gasteiger partial charge in [0.2, 0.25) is 11.8 Å². The predicted octanol–water partition coefficient (Wildman–Crippen LogP) is 3.98. The highest BCUT2D eigenvalue weighted by molar-refractivity contribution is 5.91. The van der Waals surface area contributed by atoms with Crippen LogP contribution in [0.25, 0.3) is 0 Å². The Labute approximate surface area is 214 Å². The minimum absolute atomic E-state index is 0.0928. The van der Waals surface area contributed by atoms with Crippen molar-refractivity contribution >= 4 is 17.9 Å². The Balaban J connectivity index is 2.05. The average molecular weight is 498 g/mol. The maximum absolute atomic E-state index is 13.1. The van der Waals surface area contributed by atoms with Gasteiger partial charge in [-0.2, -0.15) is 0 Å². The smallest absolute Gasteiger partial charge is 0.408 e. The minimum Gasteiger partial charge on any atom is -0.488 e. The second-order valence-electron chi connectivity index (χ2n) is 9.95. The summed E-state index contributed by atoms with van der Waals surface area (Å²) in [6.45, 7) is 11.9. The Hall–Kier alpha value is -3.55. The predicted molar refractivity (Wildman–Crippen MR) is 140 cm³/mol. The van der Waals surface area contributed by atoms with E-state index in [-0.39, 0.29) is 30.5 Å². The summed E-state index contributed by atoms with van der Waals surface area (Å²) < 4.78 is 11.1. The largest absolute Gasteiger partial charge is 0.488 e. The molecule has 0 unspecified atom stereocenters. The SMILES string of the molecule is CCNC(=O)[C@H](Cc1ccc(OC(C)(C)C)cc1)NC(=O)[C@@H](NC(=O)OCc1ccccc1)C(C)C. The number of benzene rings is 2. The lowest BCUT2D eigenvalue weighted by Crippen LogP contribution is -2.56. The summed E-state index contributed by atoms with van der Waals surface area (Å²) in [5.74, 6) is -0.249. The monoisotopic (exact) mass is 497 g/mol. The van der Waals surface area contributed by atoms with Gasteiger partial charge in [-0.15, -0.1) is 0 Å². The van der Waals surface area contributed by atoms with Crippen LogP contribution >= 0.6 is 0 Å². The summed E-state index contributed by atoms with van der Waals surface area (Å²) in [6.07, 6.45) is -0.409. The first-order chi connectivity index (χ1) is 17.0. The molecule has 0 saturated carbocycles. The van der Waals surface area contributed by atoms with Crippen LogP contribution in [0.3, 0.4) is 0 Å². The van der Waals surface area contributed by atoms with Crippen molar-refractivity contribution in [3.63, 3.8) is 0 Å². The van der Waals surface area contributed by atoms with Crippen LogP contribution in [-0.2, 0) is 27.4 Å². The molecule has 3 amide bonds. The fourth-order valence-corrected chi connectivity index (χ4v) is 3.48. The molecule has 0 bridgehead atoms. The molecule has 196 valence electrons. The van der Waals surface area contributed by atoms with Crippen LogP contribution in [0.2, 0.25) is 0 Å². The molecule has 0 aliphatic heterocycles. The number of hydrogen-bond acceptors (Lipinski definition) is 5. The quantitative estimate of drug-likeness (QED) is 0.436. The molecule has 0 spiro atoms. The zero-order valence-corrected chi connectivity index (χ0v) is 22.1. The van der Waals surface area contributed by atoms with Crippen LogP contribution in [0.4, 0.5) is 4.79 Å². The van der Waals surface area contributed by atoms with Gasteiger partial charge in [-0.25, -0.2) is 4.79 Å². The Morgan fingerprint density at radius 2 is 1.50 bits per heavy atom.